The first kappa shape index (κ1) is 20.8. The molecule has 0 saturated heterocycles. The van der Waals surface area contributed by atoms with Gasteiger partial charge in [-0.3, -0.25) is 0 Å². The fourth-order valence-electron chi connectivity index (χ4n) is 2.64. The van der Waals surface area contributed by atoms with Crippen molar-refractivity contribution in [2.24, 2.45) is 4.99 Å². The predicted octanol–water partition coefficient (Wildman–Crippen LogP) is 3.32. The lowest BCUT2D eigenvalue weighted by atomic mass is 10.1. The Morgan fingerprint density at radius 1 is 1.04 bits per heavy atom. The molecule has 0 radical (unpaired) electrons. The summed E-state index contributed by atoms with van der Waals surface area (Å²) < 4.78 is 10.9. The molecule has 0 aliphatic rings. The van der Waals surface area contributed by atoms with Crippen molar-refractivity contribution in [1.29, 1.82) is 0 Å². The topological polar surface area (TPSA) is 54.9 Å². The molecule has 27 heavy (non-hydrogen) atoms. The van der Waals surface area contributed by atoms with Gasteiger partial charge < -0.3 is 20.1 Å². The van der Waals surface area contributed by atoms with Gasteiger partial charge in [-0.05, 0) is 37.5 Å². The van der Waals surface area contributed by atoms with Crippen molar-refractivity contribution in [1.82, 2.24) is 10.6 Å². The number of aliphatic imine (C=N–C) groups is 1. The van der Waals surface area contributed by atoms with Crippen LogP contribution in [0.2, 0.25) is 0 Å². The Balaban J connectivity index is 1.96. The Labute approximate surface area is 162 Å². The molecule has 0 aliphatic carbocycles. The molecule has 0 fully saturated rings. The van der Waals surface area contributed by atoms with Crippen molar-refractivity contribution < 1.29 is 9.47 Å². The first-order valence-corrected chi connectivity index (χ1v) is 9.50. The van der Waals surface area contributed by atoms with E-state index >= 15 is 0 Å². The van der Waals surface area contributed by atoms with Crippen molar-refractivity contribution >= 4 is 5.96 Å². The highest BCUT2D eigenvalue weighted by Crippen LogP contribution is 2.21. The maximum Gasteiger partial charge on any atom is 0.191 e. The van der Waals surface area contributed by atoms with E-state index in [0.29, 0.717) is 19.8 Å². The smallest absolute Gasteiger partial charge is 0.191 e. The van der Waals surface area contributed by atoms with Crippen molar-refractivity contribution in [2.45, 2.75) is 26.8 Å². The van der Waals surface area contributed by atoms with Gasteiger partial charge in [-0.1, -0.05) is 42.5 Å². The van der Waals surface area contributed by atoms with Crippen LogP contribution in [0.1, 0.15) is 23.6 Å². The molecule has 0 unspecified atom stereocenters. The van der Waals surface area contributed by atoms with Crippen molar-refractivity contribution in [3.8, 4) is 5.75 Å². The molecule has 0 saturated carbocycles. The third-order valence-corrected chi connectivity index (χ3v) is 4.07. The first-order valence-electron chi connectivity index (χ1n) is 9.50. The molecule has 0 atom stereocenters. The van der Waals surface area contributed by atoms with Gasteiger partial charge in [-0.2, -0.15) is 0 Å². The van der Waals surface area contributed by atoms with Gasteiger partial charge in [0.1, 0.15) is 12.4 Å². The van der Waals surface area contributed by atoms with Gasteiger partial charge in [0.25, 0.3) is 0 Å². The third-order valence-electron chi connectivity index (χ3n) is 4.07. The predicted molar refractivity (Wildman–Crippen MR) is 112 cm³/mol. The molecule has 2 aromatic rings. The number of hydrogen-bond acceptors (Lipinski definition) is 3. The summed E-state index contributed by atoms with van der Waals surface area (Å²) in [5.74, 6) is 1.69. The highest BCUT2D eigenvalue weighted by molar-refractivity contribution is 5.79. The van der Waals surface area contributed by atoms with Crippen LogP contribution in [0.25, 0.3) is 0 Å². The molecule has 2 N–H and O–H groups in total. The molecule has 0 bridgehead atoms. The summed E-state index contributed by atoms with van der Waals surface area (Å²) >= 11 is 0. The number of benzene rings is 2. The van der Waals surface area contributed by atoms with Gasteiger partial charge in [0, 0.05) is 25.8 Å². The summed E-state index contributed by atoms with van der Waals surface area (Å²) in [4.78, 5) is 4.72. The van der Waals surface area contributed by atoms with E-state index in [2.05, 4.69) is 66.9 Å². The van der Waals surface area contributed by atoms with E-state index in [-0.39, 0.29) is 0 Å². The minimum atomic E-state index is 0.534. The first-order chi connectivity index (χ1) is 13.2. The van der Waals surface area contributed by atoms with Crippen molar-refractivity contribution in [3.63, 3.8) is 0 Å². The highest BCUT2D eigenvalue weighted by atomic mass is 16.5. The van der Waals surface area contributed by atoms with Gasteiger partial charge in [-0.15, -0.1) is 0 Å². The second kappa shape index (κ2) is 12.0. The molecule has 2 aromatic carbocycles. The van der Waals surface area contributed by atoms with Crippen LogP contribution < -0.4 is 15.4 Å². The van der Waals surface area contributed by atoms with Gasteiger partial charge in [0.15, 0.2) is 5.96 Å². The van der Waals surface area contributed by atoms with E-state index in [1.165, 1.54) is 11.1 Å². The summed E-state index contributed by atoms with van der Waals surface area (Å²) in [6, 6.07) is 16.7. The Bertz CT molecular complexity index is 702. The summed E-state index contributed by atoms with van der Waals surface area (Å²) in [5.41, 5.74) is 3.55. The van der Waals surface area contributed by atoms with Gasteiger partial charge >= 0.3 is 0 Å². The minimum Gasteiger partial charge on any atom is -0.491 e. The summed E-state index contributed by atoms with van der Waals surface area (Å²) in [7, 11) is 1.68. The molecule has 0 heterocycles. The van der Waals surface area contributed by atoms with Crippen LogP contribution in [0.3, 0.4) is 0 Å². The molecule has 0 amide bonds. The standard InChI is InChI=1S/C22H31N3O2/c1-4-23-22(24-13-12-19-8-6-5-7-9-19)25-17-20-11-10-18(2)16-21(20)27-15-14-26-3/h5-11,16H,4,12-15,17H2,1-3H3,(H2,23,24,25). The lowest BCUT2D eigenvalue weighted by molar-refractivity contribution is 0.145. The van der Waals surface area contributed by atoms with Crippen LogP contribution in [0.15, 0.2) is 53.5 Å². The van der Waals surface area contributed by atoms with E-state index in [4.69, 9.17) is 14.5 Å². The number of rotatable bonds is 10. The maximum atomic E-state index is 5.85. The molecule has 0 aliphatic heterocycles. The molecular formula is C22H31N3O2. The number of methoxy groups -OCH3 is 1. The zero-order valence-corrected chi connectivity index (χ0v) is 16.6. The SMILES string of the molecule is CCNC(=NCc1ccc(C)cc1OCCOC)NCCc1ccccc1. The highest BCUT2D eigenvalue weighted by Gasteiger charge is 2.05. The molecule has 0 aromatic heterocycles. The molecule has 5 heteroatoms. The number of nitrogens with one attached hydrogen (secondary N) is 2. The zero-order chi connectivity index (χ0) is 19.3. The van der Waals surface area contributed by atoms with Gasteiger partial charge in [0.05, 0.1) is 13.2 Å². The zero-order valence-electron chi connectivity index (χ0n) is 16.6. The Hall–Kier alpha value is -2.53. The Morgan fingerprint density at radius 3 is 2.59 bits per heavy atom. The van der Waals surface area contributed by atoms with Crippen molar-refractivity contribution in [3.05, 3.63) is 65.2 Å². The second-order valence-corrected chi connectivity index (χ2v) is 6.31. The maximum absolute atomic E-state index is 5.85. The number of aryl methyl sites for hydroxylation is 1. The molecule has 2 rings (SSSR count). The molecule has 0 spiro atoms. The van der Waals surface area contributed by atoms with E-state index in [1.807, 2.05) is 6.07 Å². The van der Waals surface area contributed by atoms with Crippen LogP contribution >= 0.6 is 0 Å². The number of guanidine groups is 1. The van der Waals surface area contributed by atoms with Crippen LogP contribution in [0.4, 0.5) is 0 Å². The summed E-state index contributed by atoms with van der Waals surface area (Å²) in [6.45, 7) is 7.45. The minimum absolute atomic E-state index is 0.534. The Kier molecular flexibility index (Phi) is 9.21. The second-order valence-electron chi connectivity index (χ2n) is 6.31. The lowest BCUT2D eigenvalue weighted by Gasteiger charge is -2.13. The summed E-state index contributed by atoms with van der Waals surface area (Å²) in [6.07, 6.45) is 0.959. The Morgan fingerprint density at radius 2 is 1.85 bits per heavy atom. The molecular weight excluding hydrogens is 338 g/mol. The van der Waals surface area contributed by atoms with E-state index in [0.717, 1.165) is 36.8 Å². The number of nitrogens with zero attached hydrogens (tertiary/aromatic N) is 1. The fraction of sp³-hybridized carbons (Fsp3) is 0.409. The normalized spacial score (nSPS) is 11.3. The van der Waals surface area contributed by atoms with Gasteiger partial charge in [0.2, 0.25) is 0 Å². The average Bonchev–Trinajstić information content (AvgIpc) is 2.68. The van der Waals surface area contributed by atoms with Crippen LogP contribution in [0, 0.1) is 6.92 Å². The van der Waals surface area contributed by atoms with E-state index in [9.17, 15) is 0 Å². The summed E-state index contributed by atoms with van der Waals surface area (Å²) in [5, 5.41) is 6.70. The largest absolute Gasteiger partial charge is 0.491 e. The lowest BCUT2D eigenvalue weighted by Crippen LogP contribution is -2.38. The molecule has 146 valence electrons. The van der Waals surface area contributed by atoms with Crippen molar-refractivity contribution in [2.75, 3.05) is 33.4 Å². The van der Waals surface area contributed by atoms with Crippen LogP contribution in [-0.2, 0) is 17.7 Å². The number of hydrogen-bond donors (Lipinski definition) is 2. The quantitative estimate of drug-likeness (QED) is 0.383. The van der Waals surface area contributed by atoms with Crippen LogP contribution in [-0.4, -0.2) is 39.4 Å². The fourth-order valence-corrected chi connectivity index (χ4v) is 2.64. The van der Waals surface area contributed by atoms with E-state index < -0.39 is 0 Å². The number of ether oxygens (including phenoxy) is 2. The monoisotopic (exact) mass is 369 g/mol. The molecule has 5 nitrogen and oxygen atoms in total. The third kappa shape index (κ3) is 7.71. The van der Waals surface area contributed by atoms with E-state index in [1.54, 1.807) is 7.11 Å². The van der Waals surface area contributed by atoms with Crippen LogP contribution in [0.5, 0.6) is 5.75 Å². The average molecular weight is 370 g/mol. The van der Waals surface area contributed by atoms with Gasteiger partial charge in [-0.25, -0.2) is 4.99 Å².